The molecule has 0 aromatic heterocycles. The Morgan fingerprint density at radius 3 is 2.54 bits per heavy atom. The fourth-order valence-corrected chi connectivity index (χ4v) is 5.27. The summed E-state index contributed by atoms with van der Waals surface area (Å²) >= 11 is 6.11. The lowest BCUT2D eigenvalue weighted by Crippen LogP contribution is -2.30. The average molecular weight is 366 g/mol. The summed E-state index contributed by atoms with van der Waals surface area (Å²) in [4.78, 5) is 0.171. The molecule has 6 heteroatoms. The first kappa shape index (κ1) is 17.3. The van der Waals surface area contributed by atoms with Gasteiger partial charge in [0, 0.05) is 6.54 Å². The second kappa shape index (κ2) is 7.13. The minimum atomic E-state index is -3.62. The van der Waals surface area contributed by atoms with Gasteiger partial charge in [-0.25, -0.2) is 8.42 Å². The van der Waals surface area contributed by atoms with Crippen LogP contribution >= 0.6 is 11.6 Å². The van der Waals surface area contributed by atoms with Crippen LogP contribution in [0.2, 0.25) is 5.02 Å². The van der Waals surface area contributed by atoms with Crippen molar-refractivity contribution < 1.29 is 13.2 Å². The standard InChI is InChI=1S/C18H20ClNO3S/c1-2-23-15-11-9-14(10-12-15)17-7-5-13-20(17)24(21,22)18-8-4-3-6-16(18)19/h3-4,6,8-12,17H,2,5,7,13H2,1H3/t17-/m1/s1. The van der Waals surface area contributed by atoms with E-state index in [1.165, 1.54) is 0 Å². The van der Waals surface area contributed by atoms with Gasteiger partial charge in [0.15, 0.2) is 0 Å². The zero-order valence-corrected chi connectivity index (χ0v) is 15.1. The molecule has 1 heterocycles. The molecule has 128 valence electrons. The molecule has 2 aromatic rings. The summed E-state index contributed by atoms with van der Waals surface area (Å²) in [7, 11) is -3.62. The van der Waals surface area contributed by atoms with Gasteiger partial charge in [-0.15, -0.1) is 0 Å². The van der Waals surface area contributed by atoms with E-state index in [0.717, 1.165) is 24.2 Å². The number of hydrogen-bond acceptors (Lipinski definition) is 3. The van der Waals surface area contributed by atoms with Crippen LogP contribution in [0.4, 0.5) is 0 Å². The minimum absolute atomic E-state index is 0.165. The second-order valence-corrected chi connectivity index (χ2v) is 7.97. The van der Waals surface area contributed by atoms with Crippen molar-refractivity contribution in [2.45, 2.75) is 30.7 Å². The number of hydrogen-bond donors (Lipinski definition) is 0. The molecule has 2 aromatic carbocycles. The van der Waals surface area contributed by atoms with E-state index in [9.17, 15) is 8.42 Å². The van der Waals surface area contributed by atoms with Crippen LogP contribution in [-0.4, -0.2) is 25.9 Å². The monoisotopic (exact) mass is 365 g/mol. The maximum absolute atomic E-state index is 13.0. The highest BCUT2D eigenvalue weighted by molar-refractivity contribution is 7.89. The fourth-order valence-electron chi connectivity index (χ4n) is 3.09. The molecule has 0 bridgehead atoms. The third-order valence-corrected chi connectivity index (χ3v) is 6.61. The van der Waals surface area contributed by atoms with Gasteiger partial charge in [0.25, 0.3) is 0 Å². The zero-order valence-electron chi connectivity index (χ0n) is 13.5. The van der Waals surface area contributed by atoms with E-state index < -0.39 is 10.0 Å². The van der Waals surface area contributed by atoms with Gasteiger partial charge < -0.3 is 4.74 Å². The largest absolute Gasteiger partial charge is 0.494 e. The van der Waals surface area contributed by atoms with Crippen LogP contribution in [0.1, 0.15) is 31.4 Å². The Balaban J connectivity index is 1.91. The van der Waals surface area contributed by atoms with Gasteiger partial charge in [-0.05, 0) is 49.6 Å². The Hall–Kier alpha value is -1.56. The minimum Gasteiger partial charge on any atom is -0.494 e. The molecule has 4 nitrogen and oxygen atoms in total. The van der Waals surface area contributed by atoms with E-state index in [1.54, 1.807) is 28.6 Å². The first-order valence-corrected chi connectivity index (χ1v) is 9.85. The summed E-state index contributed by atoms with van der Waals surface area (Å²) < 4.78 is 33.1. The Kier molecular flexibility index (Phi) is 5.13. The smallest absolute Gasteiger partial charge is 0.245 e. The molecule has 0 saturated carbocycles. The van der Waals surface area contributed by atoms with E-state index in [0.29, 0.717) is 13.2 Å². The van der Waals surface area contributed by atoms with Gasteiger partial charge in [-0.1, -0.05) is 35.9 Å². The molecule has 0 unspecified atom stereocenters. The molecule has 0 aliphatic carbocycles. The van der Waals surface area contributed by atoms with Gasteiger partial charge in [0.2, 0.25) is 10.0 Å². The molecule has 1 aliphatic heterocycles. The first-order chi connectivity index (χ1) is 11.5. The third-order valence-electron chi connectivity index (χ3n) is 4.20. The molecule has 0 amide bonds. The van der Waals surface area contributed by atoms with Gasteiger partial charge in [-0.3, -0.25) is 0 Å². The van der Waals surface area contributed by atoms with E-state index in [2.05, 4.69) is 0 Å². The van der Waals surface area contributed by atoms with Crippen molar-refractivity contribution in [2.24, 2.45) is 0 Å². The molecule has 24 heavy (non-hydrogen) atoms. The van der Waals surface area contributed by atoms with Crippen LogP contribution in [0.25, 0.3) is 0 Å². The van der Waals surface area contributed by atoms with Crippen molar-refractivity contribution in [1.82, 2.24) is 4.31 Å². The number of rotatable bonds is 5. The Morgan fingerprint density at radius 1 is 1.17 bits per heavy atom. The third kappa shape index (κ3) is 3.29. The number of benzene rings is 2. The maximum Gasteiger partial charge on any atom is 0.245 e. The highest BCUT2D eigenvalue weighted by Gasteiger charge is 2.37. The van der Waals surface area contributed by atoms with Crippen LogP contribution in [-0.2, 0) is 10.0 Å². The second-order valence-electron chi connectivity index (χ2n) is 5.71. The van der Waals surface area contributed by atoms with Gasteiger partial charge in [0.05, 0.1) is 17.7 Å². The summed E-state index contributed by atoms with van der Waals surface area (Å²) in [5.74, 6) is 0.791. The van der Waals surface area contributed by atoms with Crippen molar-refractivity contribution in [1.29, 1.82) is 0 Å². The molecule has 1 atom stereocenters. The molecular weight excluding hydrogens is 346 g/mol. The van der Waals surface area contributed by atoms with Gasteiger partial charge in [0.1, 0.15) is 10.6 Å². The molecule has 1 fully saturated rings. The highest BCUT2D eigenvalue weighted by Crippen LogP contribution is 2.38. The van der Waals surface area contributed by atoms with Crippen molar-refractivity contribution in [3.63, 3.8) is 0 Å². The van der Waals surface area contributed by atoms with Crippen molar-refractivity contribution in [3.05, 3.63) is 59.1 Å². The molecule has 0 spiro atoms. The molecule has 3 rings (SSSR count). The van der Waals surface area contributed by atoms with E-state index in [-0.39, 0.29) is 16.0 Å². The number of sulfonamides is 1. The molecule has 0 radical (unpaired) electrons. The lowest BCUT2D eigenvalue weighted by Gasteiger charge is -2.25. The summed E-state index contributed by atoms with van der Waals surface area (Å²) in [6.45, 7) is 3.05. The Bertz CT molecular complexity index is 805. The van der Waals surface area contributed by atoms with E-state index >= 15 is 0 Å². The van der Waals surface area contributed by atoms with Gasteiger partial charge in [-0.2, -0.15) is 4.31 Å². The van der Waals surface area contributed by atoms with Crippen molar-refractivity contribution >= 4 is 21.6 Å². The summed E-state index contributed by atoms with van der Waals surface area (Å²) in [6.07, 6.45) is 1.64. The quantitative estimate of drug-likeness (QED) is 0.795. The maximum atomic E-state index is 13.0. The van der Waals surface area contributed by atoms with Crippen LogP contribution in [0.3, 0.4) is 0 Å². The van der Waals surface area contributed by atoms with Crippen LogP contribution in [0.5, 0.6) is 5.75 Å². The SMILES string of the molecule is CCOc1ccc([C@H]2CCCN2S(=O)(=O)c2ccccc2Cl)cc1. The van der Waals surface area contributed by atoms with Crippen molar-refractivity contribution in [2.75, 3.05) is 13.2 Å². The molecular formula is C18H20ClNO3S. The zero-order chi connectivity index (χ0) is 17.2. The lowest BCUT2D eigenvalue weighted by atomic mass is 10.1. The predicted octanol–water partition coefficient (Wildman–Crippen LogP) is 4.26. The van der Waals surface area contributed by atoms with Crippen LogP contribution in [0.15, 0.2) is 53.4 Å². The molecule has 1 saturated heterocycles. The van der Waals surface area contributed by atoms with Crippen LogP contribution in [0, 0.1) is 0 Å². The topological polar surface area (TPSA) is 46.6 Å². The average Bonchev–Trinajstić information content (AvgIpc) is 3.06. The van der Waals surface area contributed by atoms with E-state index in [1.807, 2.05) is 31.2 Å². The highest BCUT2D eigenvalue weighted by atomic mass is 35.5. The lowest BCUT2D eigenvalue weighted by molar-refractivity contribution is 0.339. The fraction of sp³-hybridized carbons (Fsp3) is 0.333. The number of nitrogens with zero attached hydrogens (tertiary/aromatic N) is 1. The predicted molar refractivity (Wildman–Crippen MR) is 94.9 cm³/mol. The molecule has 0 N–H and O–H groups in total. The summed E-state index contributed by atoms with van der Waals surface area (Å²) in [5.41, 5.74) is 0.978. The summed E-state index contributed by atoms with van der Waals surface area (Å²) in [5, 5.41) is 0.259. The van der Waals surface area contributed by atoms with Crippen LogP contribution < -0.4 is 4.74 Å². The number of halogens is 1. The summed E-state index contributed by atoms with van der Waals surface area (Å²) in [6, 6.07) is 14.1. The van der Waals surface area contributed by atoms with Gasteiger partial charge >= 0.3 is 0 Å². The Morgan fingerprint density at radius 2 is 1.88 bits per heavy atom. The molecule has 1 aliphatic rings. The van der Waals surface area contributed by atoms with Crippen molar-refractivity contribution in [3.8, 4) is 5.75 Å². The normalized spacial score (nSPS) is 18.7. The first-order valence-electron chi connectivity index (χ1n) is 8.03. The Labute approximate surface area is 148 Å². The number of ether oxygens (including phenoxy) is 1. The van der Waals surface area contributed by atoms with E-state index in [4.69, 9.17) is 16.3 Å².